The molecule has 1 aromatic heterocycles. The van der Waals surface area contributed by atoms with Gasteiger partial charge in [0.2, 0.25) is 0 Å². The lowest BCUT2D eigenvalue weighted by atomic mass is 9.94. The summed E-state index contributed by atoms with van der Waals surface area (Å²) in [6, 6.07) is 8.46. The summed E-state index contributed by atoms with van der Waals surface area (Å²) in [7, 11) is 5.16. The fourth-order valence-electron chi connectivity index (χ4n) is 4.20. The Kier molecular flexibility index (Phi) is 6.84. The third-order valence-corrected chi connectivity index (χ3v) is 5.72. The van der Waals surface area contributed by atoms with E-state index >= 15 is 0 Å². The number of aliphatic hydroxyl groups excluding tert-OH is 1. The number of carbonyl (C=O) groups excluding carboxylic acids is 3. The number of hydrogen-bond acceptors (Lipinski definition) is 6. The minimum Gasteiger partial charge on any atom is -0.507 e. The Bertz CT molecular complexity index is 1070. The van der Waals surface area contributed by atoms with E-state index in [1.807, 2.05) is 49.3 Å². The van der Waals surface area contributed by atoms with Gasteiger partial charge in [0, 0.05) is 17.8 Å². The third-order valence-electron chi connectivity index (χ3n) is 5.72. The SMILES string of the molecule is COC(=O)c1[nH]c(C)c(C(O)=C2C(=O)C(=O)N(CCCN(C)C)[C@H]2c2ccccc2)c1C. The van der Waals surface area contributed by atoms with Gasteiger partial charge in [-0.3, -0.25) is 9.59 Å². The number of benzene rings is 1. The van der Waals surface area contributed by atoms with Gasteiger partial charge >= 0.3 is 5.97 Å². The summed E-state index contributed by atoms with van der Waals surface area (Å²) in [5.41, 5.74) is 2.24. The van der Waals surface area contributed by atoms with Gasteiger partial charge in [-0.2, -0.15) is 0 Å². The standard InChI is InChI=1S/C24H29N3O5/c1-14-17(15(2)25-19(14)24(31)32-5)21(28)18-20(16-10-7-6-8-11-16)27(23(30)22(18)29)13-9-12-26(3)4/h6-8,10-11,20,25,28H,9,12-13H2,1-5H3/t20-/m0/s1. The van der Waals surface area contributed by atoms with Crippen LogP contribution in [0.3, 0.4) is 0 Å². The van der Waals surface area contributed by atoms with Crippen molar-refractivity contribution in [3.8, 4) is 0 Å². The summed E-state index contributed by atoms with van der Waals surface area (Å²) < 4.78 is 4.80. The maximum atomic E-state index is 13.1. The van der Waals surface area contributed by atoms with Crippen LogP contribution >= 0.6 is 0 Å². The van der Waals surface area contributed by atoms with Crippen molar-refractivity contribution in [3.05, 3.63) is 64.0 Å². The topological polar surface area (TPSA) is 103 Å². The molecule has 2 aromatic rings. The van der Waals surface area contributed by atoms with E-state index in [4.69, 9.17) is 4.74 Å². The molecule has 1 atom stereocenters. The number of rotatable bonds is 7. The fraction of sp³-hybridized carbons (Fsp3) is 0.375. The predicted molar refractivity (Wildman–Crippen MR) is 120 cm³/mol. The average molecular weight is 440 g/mol. The fourth-order valence-corrected chi connectivity index (χ4v) is 4.20. The van der Waals surface area contributed by atoms with E-state index < -0.39 is 23.7 Å². The van der Waals surface area contributed by atoms with Gasteiger partial charge in [-0.05, 0) is 52.0 Å². The first-order valence-corrected chi connectivity index (χ1v) is 10.4. The number of Topliss-reactive ketones (excluding diaryl/α,β-unsaturated/α-hetero) is 1. The van der Waals surface area contributed by atoms with E-state index in [1.54, 1.807) is 13.8 Å². The molecule has 8 nitrogen and oxygen atoms in total. The molecule has 1 aromatic carbocycles. The molecular weight excluding hydrogens is 410 g/mol. The number of amides is 1. The normalized spacial score (nSPS) is 17.9. The zero-order valence-corrected chi connectivity index (χ0v) is 19.1. The van der Waals surface area contributed by atoms with Gasteiger partial charge in [0.25, 0.3) is 11.7 Å². The highest BCUT2D eigenvalue weighted by Crippen LogP contribution is 2.40. The molecule has 2 N–H and O–H groups in total. The van der Waals surface area contributed by atoms with E-state index in [1.165, 1.54) is 12.0 Å². The van der Waals surface area contributed by atoms with Crippen LogP contribution in [0.2, 0.25) is 0 Å². The molecule has 8 heteroatoms. The lowest BCUT2D eigenvalue weighted by Gasteiger charge is -2.26. The van der Waals surface area contributed by atoms with Gasteiger partial charge in [0.05, 0.1) is 18.7 Å². The number of H-pyrrole nitrogens is 1. The van der Waals surface area contributed by atoms with E-state index in [-0.39, 0.29) is 17.0 Å². The van der Waals surface area contributed by atoms with Crippen LogP contribution in [0.15, 0.2) is 35.9 Å². The Morgan fingerprint density at radius 2 is 1.84 bits per heavy atom. The third kappa shape index (κ3) is 4.18. The number of nitrogens with one attached hydrogen (secondary N) is 1. The van der Waals surface area contributed by atoms with Crippen molar-refractivity contribution in [1.82, 2.24) is 14.8 Å². The van der Waals surface area contributed by atoms with Gasteiger partial charge in [-0.1, -0.05) is 30.3 Å². The van der Waals surface area contributed by atoms with Crippen LogP contribution in [-0.4, -0.2) is 71.8 Å². The number of hydrogen-bond donors (Lipinski definition) is 2. The summed E-state index contributed by atoms with van der Waals surface area (Å²) >= 11 is 0. The number of methoxy groups -OCH3 is 1. The Morgan fingerprint density at radius 3 is 2.44 bits per heavy atom. The average Bonchev–Trinajstić information content (AvgIpc) is 3.20. The highest BCUT2D eigenvalue weighted by atomic mass is 16.5. The molecule has 0 unspecified atom stereocenters. The molecule has 32 heavy (non-hydrogen) atoms. The van der Waals surface area contributed by atoms with Crippen molar-refractivity contribution in [2.24, 2.45) is 0 Å². The second kappa shape index (κ2) is 9.40. The highest BCUT2D eigenvalue weighted by molar-refractivity contribution is 6.46. The Hall–Kier alpha value is -3.39. The van der Waals surface area contributed by atoms with Crippen LogP contribution < -0.4 is 0 Å². The summed E-state index contributed by atoms with van der Waals surface area (Å²) in [6.45, 7) is 4.48. The summed E-state index contributed by atoms with van der Waals surface area (Å²) in [5, 5.41) is 11.3. The van der Waals surface area contributed by atoms with Gasteiger partial charge in [-0.15, -0.1) is 0 Å². The molecule has 0 spiro atoms. The maximum Gasteiger partial charge on any atom is 0.354 e. The minimum atomic E-state index is -0.735. The first kappa shape index (κ1) is 23.3. The number of ether oxygens (including phenoxy) is 1. The molecule has 0 bridgehead atoms. The second-order valence-electron chi connectivity index (χ2n) is 8.18. The van der Waals surface area contributed by atoms with Crippen molar-refractivity contribution >= 4 is 23.4 Å². The van der Waals surface area contributed by atoms with Crippen molar-refractivity contribution in [3.63, 3.8) is 0 Å². The number of esters is 1. The lowest BCUT2D eigenvalue weighted by Crippen LogP contribution is -2.32. The summed E-state index contributed by atoms with van der Waals surface area (Å²) in [5.74, 6) is -2.25. The number of aliphatic hydroxyl groups is 1. The number of likely N-dealkylation sites (tertiary alicyclic amines) is 1. The first-order chi connectivity index (χ1) is 15.2. The number of aryl methyl sites for hydroxylation is 1. The van der Waals surface area contributed by atoms with E-state index in [0.717, 1.165) is 12.1 Å². The van der Waals surface area contributed by atoms with Crippen LogP contribution in [0.4, 0.5) is 0 Å². The number of aromatic amines is 1. The minimum absolute atomic E-state index is 0.0210. The van der Waals surface area contributed by atoms with E-state index in [9.17, 15) is 19.5 Å². The van der Waals surface area contributed by atoms with Gasteiger partial charge < -0.3 is 24.6 Å². The predicted octanol–water partition coefficient (Wildman–Crippen LogP) is 2.79. The molecule has 1 saturated heterocycles. The molecule has 170 valence electrons. The zero-order chi connectivity index (χ0) is 23.6. The molecule has 0 aliphatic carbocycles. The van der Waals surface area contributed by atoms with Crippen LogP contribution in [0.1, 0.15) is 45.3 Å². The number of nitrogens with zero attached hydrogens (tertiary/aromatic N) is 2. The van der Waals surface area contributed by atoms with Crippen LogP contribution in [0.5, 0.6) is 0 Å². The van der Waals surface area contributed by atoms with Crippen LogP contribution in [0.25, 0.3) is 5.76 Å². The first-order valence-electron chi connectivity index (χ1n) is 10.4. The van der Waals surface area contributed by atoms with Crippen molar-refractivity contribution in [2.75, 3.05) is 34.3 Å². The molecule has 3 rings (SSSR count). The van der Waals surface area contributed by atoms with Gasteiger partial charge in [-0.25, -0.2) is 4.79 Å². The second-order valence-corrected chi connectivity index (χ2v) is 8.18. The molecule has 0 radical (unpaired) electrons. The van der Waals surface area contributed by atoms with Crippen LogP contribution in [0, 0.1) is 13.8 Å². The molecule has 1 fully saturated rings. The van der Waals surface area contributed by atoms with Crippen molar-refractivity contribution in [1.29, 1.82) is 0 Å². The molecule has 1 aliphatic rings. The number of carbonyl (C=O) groups is 3. The Morgan fingerprint density at radius 1 is 1.19 bits per heavy atom. The smallest absolute Gasteiger partial charge is 0.354 e. The quantitative estimate of drug-likeness (QED) is 0.298. The molecule has 1 amide bonds. The lowest BCUT2D eigenvalue weighted by molar-refractivity contribution is -0.139. The monoisotopic (exact) mass is 439 g/mol. The maximum absolute atomic E-state index is 13.1. The molecule has 1 aliphatic heterocycles. The number of aromatic nitrogens is 1. The summed E-state index contributed by atoms with van der Waals surface area (Å²) in [6.07, 6.45) is 0.679. The van der Waals surface area contributed by atoms with Gasteiger partial charge in [0.15, 0.2) is 0 Å². The van der Waals surface area contributed by atoms with Crippen molar-refractivity contribution < 1.29 is 24.2 Å². The van der Waals surface area contributed by atoms with E-state index in [0.29, 0.717) is 29.8 Å². The number of ketones is 1. The molecular formula is C24H29N3O5. The van der Waals surface area contributed by atoms with Crippen LogP contribution in [-0.2, 0) is 14.3 Å². The Labute approximate surface area is 187 Å². The largest absolute Gasteiger partial charge is 0.507 e. The van der Waals surface area contributed by atoms with Gasteiger partial charge in [0.1, 0.15) is 11.5 Å². The highest BCUT2D eigenvalue weighted by Gasteiger charge is 2.46. The zero-order valence-electron chi connectivity index (χ0n) is 19.1. The Balaban J connectivity index is 2.15. The molecule has 0 saturated carbocycles. The molecule has 2 heterocycles. The van der Waals surface area contributed by atoms with E-state index in [2.05, 4.69) is 4.98 Å². The van der Waals surface area contributed by atoms with Crippen molar-refractivity contribution in [2.45, 2.75) is 26.3 Å². The summed E-state index contributed by atoms with van der Waals surface area (Å²) in [4.78, 5) is 44.6.